The largest absolute Gasteiger partial charge is 1.00 e. The molecule has 0 aromatic rings. The minimum Gasteiger partial charge on any atom is -0.659 e. The molecule has 0 aromatic heterocycles. The van der Waals surface area contributed by atoms with Crippen molar-refractivity contribution in [3.8, 4) is 0 Å². The van der Waals surface area contributed by atoms with Crippen LogP contribution in [0, 0.1) is 11.3 Å². The zero-order chi connectivity index (χ0) is 13.5. The molecule has 18 heavy (non-hydrogen) atoms. The van der Waals surface area contributed by atoms with Crippen LogP contribution in [0.3, 0.4) is 0 Å². The Morgan fingerprint density at radius 2 is 1.83 bits per heavy atom. The predicted molar refractivity (Wildman–Crippen MR) is 65.1 cm³/mol. The molecule has 0 amide bonds. The van der Waals surface area contributed by atoms with E-state index in [1.165, 1.54) is 6.08 Å². The third kappa shape index (κ3) is 10.4. The molecular weight excluding hydrogens is 229 g/mol. The summed E-state index contributed by atoms with van der Waals surface area (Å²) in [5.41, 5.74) is -0.127. The number of nitrogens with zero attached hydrogens (tertiary/aromatic N) is 1. The summed E-state index contributed by atoms with van der Waals surface area (Å²) in [6, 6.07) is 0. The zero-order valence-electron chi connectivity index (χ0n) is 11.5. The van der Waals surface area contributed by atoms with Gasteiger partial charge in [-0.2, -0.15) is 0 Å². The first-order valence-electron chi connectivity index (χ1n) is 5.48. The second-order valence-corrected chi connectivity index (χ2v) is 4.99. The Kier molecular flexibility index (Phi) is 10.0. The molecule has 1 unspecified atom stereocenters. The van der Waals surface area contributed by atoms with Gasteiger partial charge in [0.15, 0.2) is 0 Å². The summed E-state index contributed by atoms with van der Waals surface area (Å²) in [6.07, 6.45) is 2.56. The van der Waals surface area contributed by atoms with Crippen LogP contribution in [0.5, 0.6) is 0 Å². The van der Waals surface area contributed by atoms with Gasteiger partial charge in [-0.05, 0) is 11.3 Å². The average Bonchev–Trinajstić information content (AvgIpc) is 2.12. The van der Waals surface area contributed by atoms with Gasteiger partial charge in [0.2, 0.25) is 0 Å². The monoisotopic (exact) mass is 249 g/mol. The van der Waals surface area contributed by atoms with Gasteiger partial charge in [-0.1, -0.05) is 26.8 Å². The van der Waals surface area contributed by atoms with Crippen LogP contribution in [0.25, 0.3) is 5.32 Å². The maximum atomic E-state index is 10.7. The molecular formula is C12H20LiNO4. The van der Waals surface area contributed by atoms with Crippen LogP contribution in [0.4, 0.5) is 0 Å². The van der Waals surface area contributed by atoms with Gasteiger partial charge in [-0.3, -0.25) is 4.79 Å². The van der Waals surface area contributed by atoms with E-state index in [2.05, 4.69) is 5.32 Å². The van der Waals surface area contributed by atoms with Gasteiger partial charge in [0.1, 0.15) is 0 Å². The Balaban J connectivity index is 0. The fourth-order valence-electron chi connectivity index (χ4n) is 1.31. The van der Waals surface area contributed by atoms with Crippen LogP contribution in [-0.2, 0) is 9.59 Å². The summed E-state index contributed by atoms with van der Waals surface area (Å²) >= 11 is 0. The van der Waals surface area contributed by atoms with Crippen LogP contribution < -0.4 is 18.9 Å². The van der Waals surface area contributed by atoms with E-state index < -0.39 is 11.9 Å². The molecule has 6 heteroatoms. The third-order valence-electron chi connectivity index (χ3n) is 2.49. The Bertz CT molecular complexity index is 297. The third-order valence-corrected chi connectivity index (χ3v) is 2.49. The summed E-state index contributed by atoms with van der Waals surface area (Å²) in [5.74, 6) is -1.88. The summed E-state index contributed by atoms with van der Waals surface area (Å²) in [7, 11) is 0. The SMILES string of the molecule is CC(C)(C)C(C[N-]C/C=C\C(=O)O)CC(=O)O.[Li+]. The number of hydrogen-bond donors (Lipinski definition) is 2. The molecule has 0 saturated carbocycles. The number of carboxylic acid groups (broad SMARTS) is 2. The molecule has 0 aliphatic rings. The van der Waals surface area contributed by atoms with Crippen molar-refractivity contribution in [1.29, 1.82) is 0 Å². The maximum absolute atomic E-state index is 10.7. The summed E-state index contributed by atoms with van der Waals surface area (Å²) < 4.78 is 0. The Labute approximate surface area is 120 Å². The fraction of sp³-hybridized carbons (Fsp3) is 0.667. The van der Waals surface area contributed by atoms with Gasteiger partial charge >= 0.3 is 30.8 Å². The minimum absolute atomic E-state index is 0. The van der Waals surface area contributed by atoms with Crippen molar-refractivity contribution >= 4 is 11.9 Å². The van der Waals surface area contributed by atoms with Crippen molar-refractivity contribution in [2.75, 3.05) is 13.1 Å². The van der Waals surface area contributed by atoms with Gasteiger partial charge in [-0.25, -0.2) is 4.79 Å². The fourth-order valence-corrected chi connectivity index (χ4v) is 1.31. The molecule has 0 heterocycles. The van der Waals surface area contributed by atoms with Gasteiger partial charge in [0.05, 0.1) is 0 Å². The number of carbonyl (C=O) groups is 2. The molecule has 0 radical (unpaired) electrons. The van der Waals surface area contributed by atoms with E-state index >= 15 is 0 Å². The van der Waals surface area contributed by atoms with Gasteiger partial charge < -0.3 is 15.5 Å². The van der Waals surface area contributed by atoms with E-state index in [-0.39, 0.29) is 36.6 Å². The molecule has 0 bridgehead atoms. The normalized spacial score (nSPS) is 13.1. The molecule has 0 rings (SSSR count). The Morgan fingerprint density at radius 3 is 2.22 bits per heavy atom. The van der Waals surface area contributed by atoms with Crippen molar-refractivity contribution in [3.63, 3.8) is 0 Å². The second kappa shape index (κ2) is 9.21. The summed E-state index contributed by atoms with van der Waals surface area (Å²) in [4.78, 5) is 20.9. The molecule has 98 valence electrons. The molecule has 0 aliphatic carbocycles. The van der Waals surface area contributed by atoms with E-state index in [4.69, 9.17) is 10.2 Å². The standard InChI is InChI=1S/C12H20NO4.Li/c1-12(2,3)9(7-11(16)17)8-13-6-4-5-10(14)15;/h4-5,9H,6-8H2,1-3H3,(H,14,15)(H,16,17);/q-1;+1/b5-4-;. The smallest absolute Gasteiger partial charge is 0.659 e. The molecule has 0 fully saturated rings. The van der Waals surface area contributed by atoms with Crippen molar-refractivity contribution in [2.24, 2.45) is 11.3 Å². The molecule has 0 aliphatic heterocycles. The van der Waals surface area contributed by atoms with Crippen LogP contribution in [-0.4, -0.2) is 35.2 Å². The summed E-state index contributed by atoms with van der Waals surface area (Å²) in [6.45, 7) is 6.66. The molecule has 0 saturated heterocycles. The number of carboxylic acids is 2. The van der Waals surface area contributed by atoms with Crippen LogP contribution >= 0.6 is 0 Å². The topological polar surface area (TPSA) is 88.7 Å². The second-order valence-electron chi connectivity index (χ2n) is 4.99. The number of hydrogen-bond acceptors (Lipinski definition) is 2. The van der Waals surface area contributed by atoms with Gasteiger partial charge in [0.25, 0.3) is 0 Å². The summed E-state index contributed by atoms with van der Waals surface area (Å²) in [5, 5.41) is 21.3. The van der Waals surface area contributed by atoms with E-state index in [0.29, 0.717) is 13.1 Å². The van der Waals surface area contributed by atoms with Crippen LogP contribution in [0.2, 0.25) is 0 Å². The first-order chi connectivity index (χ1) is 7.73. The first-order valence-corrected chi connectivity index (χ1v) is 5.48. The van der Waals surface area contributed by atoms with Crippen molar-refractivity contribution in [1.82, 2.24) is 0 Å². The van der Waals surface area contributed by atoms with Crippen LogP contribution in [0.1, 0.15) is 27.2 Å². The quantitative estimate of drug-likeness (QED) is 0.349. The van der Waals surface area contributed by atoms with E-state index in [9.17, 15) is 9.59 Å². The molecule has 0 aromatic carbocycles. The van der Waals surface area contributed by atoms with Gasteiger partial charge in [-0.15, -0.1) is 13.1 Å². The number of aliphatic carboxylic acids is 2. The Hall–Kier alpha value is -0.763. The maximum Gasteiger partial charge on any atom is 1.00 e. The molecule has 1 atom stereocenters. The predicted octanol–water partition coefficient (Wildman–Crippen LogP) is -0.858. The van der Waals surface area contributed by atoms with Crippen LogP contribution in [0.15, 0.2) is 12.2 Å². The number of rotatable bonds is 7. The van der Waals surface area contributed by atoms with E-state index in [1.807, 2.05) is 20.8 Å². The van der Waals surface area contributed by atoms with Crippen molar-refractivity contribution < 1.29 is 38.7 Å². The minimum atomic E-state index is -1.00. The molecule has 0 spiro atoms. The van der Waals surface area contributed by atoms with E-state index in [0.717, 1.165) is 6.08 Å². The Morgan fingerprint density at radius 1 is 1.28 bits per heavy atom. The first kappa shape index (κ1) is 19.6. The molecule has 5 nitrogen and oxygen atoms in total. The average molecular weight is 249 g/mol. The van der Waals surface area contributed by atoms with E-state index in [1.54, 1.807) is 0 Å². The van der Waals surface area contributed by atoms with Crippen molar-refractivity contribution in [3.05, 3.63) is 17.5 Å². The molecule has 2 N–H and O–H groups in total. The zero-order valence-corrected chi connectivity index (χ0v) is 11.5. The van der Waals surface area contributed by atoms with Gasteiger partial charge in [0, 0.05) is 12.5 Å². The van der Waals surface area contributed by atoms with Crippen molar-refractivity contribution in [2.45, 2.75) is 27.2 Å².